The number of aliphatic hydroxyl groups is 1. The van der Waals surface area contributed by atoms with Crippen LogP contribution in [0.1, 0.15) is 11.3 Å². The molecule has 0 unspecified atom stereocenters. The van der Waals surface area contributed by atoms with Gasteiger partial charge in [-0.2, -0.15) is 0 Å². The molecule has 2 aromatic rings. The third kappa shape index (κ3) is 3.30. The number of rotatable bonds is 6. The summed E-state index contributed by atoms with van der Waals surface area (Å²) >= 11 is 0. The van der Waals surface area contributed by atoms with Gasteiger partial charge in [-0.25, -0.2) is 9.97 Å². The third-order valence-corrected chi connectivity index (χ3v) is 2.82. The van der Waals surface area contributed by atoms with Gasteiger partial charge in [-0.15, -0.1) is 0 Å². The minimum Gasteiger partial charge on any atom is -0.395 e. The fraction of sp³-hybridized carbons (Fsp3) is 0.214. The first-order valence-electron chi connectivity index (χ1n) is 6.27. The van der Waals surface area contributed by atoms with Gasteiger partial charge in [0.25, 0.3) is 0 Å². The molecule has 1 aromatic heterocycles. The van der Waals surface area contributed by atoms with E-state index in [0.29, 0.717) is 24.6 Å². The molecular weight excluding hydrogens is 254 g/mol. The molecule has 0 spiro atoms. The number of nitrogens with one attached hydrogen (secondary N) is 1. The number of hydrogen-bond donors (Lipinski definition) is 3. The predicted molar refractivity (Wildman–Crippen MR) is 77.6 cm³/mol. The number of benzene rings is 1. The summed E-state index contributed by atoms with van der Waals surface area (Å²) in [5, 5.41) is 16.8. The highest BCUT2D eigenvalue weighted by Crippen LogP contribution is 2.17. The lowest BCUT2D eigenvalue weighted by atomic mass is 10.2. The van der Waals surface area contributed by atoms with Gasteiger partial charge in [-0.1, -0.05) is 30.3 Å². The van der Waals surface area contributed by atoms with Crippen LogP contribution in [0.2, 0.25) is 0 Å². The SMILES string of the molecule is N=C(N)c1nccnc1N(CCO)Cc1ccccc1. The molecule has 20 heavy (non-hydrogen) atoms. The molecule has 1 aromatic carbocycles. The highest BCUT2D eigenvalue weighted by Gasteiger charge is 2.15. The maximum absolute atomic E-state index is 9.23. The quantitative estimate of drug-likeness (QED) is 0.532. The molecule has 6 nitrogen and oxygen atoms in total. The molecule has 0 bridgehead atoms. The predicted octanol–water partition coefficient (Wildman–Crippen LogP) is 0.760. The summed E-state index contributed by atoms with van der Waals surface area (Å²) < 4.78 is 0. The Hall–Kier alpha value is -2.47. The average Bonchev–Trinajstić information content (AvgIpc) is 2.48. The van der Waals surface area contributed by atoms with Gasteiger partial charge in [0.1, 0.15) is 11.5 Å². The van der Waals surface area contributed by atoms with Gasteiger partial charge in [0.15, 0.2) is 5.82 Å². The molecule has 0 aliphatic heterocycles. The van der Waals surface area contributed by atoms with E-state index in [1.165, 1.54) is 6.20 Å². The number of amidine groups is 1. The molecule has 6 heteroatoms. The van der Waals surface area contributed by atoms with Crippen molar-refractivity contribution in [2.24, 2.45) is 5.73 Å². The van der Waals surface area contributed by atoms with Gasteiger partial charge < -0.3 is 15.7 Å². The summed E-state index contributed by atoms with van der Waals surface area (Å²) in [7, 11) is 0. The van der Waals surface area contributed by atoms with E-state index < -0.39 is 0 Å². The van der Waals surface area contributed by atoms with Crippen LogP contribution in [0.4, 0.5) is 5.82 Å². The van der Waals surface area contributed by atoms with Crippen molar-refractivity contribution in [3.8, 4) is 0 Å². The molecule has 4 N–H and O–H groups in total. The van der Waals surface area contributed by atoms with Crippen LogP contribution in [0.3, 0.4) is 0 Å². The maximum atomic E-state index is 9.23. The van der Waals surface area contributed by atoms with Crippen LogP contribution in [0.25, 0.3) is 0 Å². The lowest BCUT2D eigenvalue weighted by Crippen LogP contribution is -2.30. The zero-order chi connectivity index (χ0) is 14.4. The van der Waals surface area contributed by atoms with E-state index in [-0.39, 0.29) is 12.4 Å². The van der Waals surface area contributed by atoms with Gasteiger partial charge in [0, 0.05) is 25.5 Å². The van der Waals surface area contributed by atoms with Crippen molar-refractivity contribution in [3.63, 3.8) is 0 Å². The molecule has 104 valence electrons. The van der Waals surface area contributed by atoms with E-state index in [1.807, 2.05) is 35.2 Å². The van der Waals surface area contributed by atoms with Crippen LogP contribution in [0.15, 0.2) is 42.7 Å². The highest BCUT2D eigenvalue weighted by molar-refractivity contribution is 5.97. The number of aliphatic hydroxyl groups excluding tert-OH is 1. The number of nitrogens with zero attached hydrogens (tertiary/aromatic N) is 3. The molecule has 0 radical (unpaired) electrons. The summed E-state index contributed by atoms with van der Waals surface area (Å²) in [5.41, 5.74) is 6.95. The molecule has 0 fully saturated rings. The van der Waals surface area contributed by atoms with Crippen molar-refractivity contribution in [1.29, 1.82) is 5.41 Å². The monoisotopic (exact) mass is 271 g/mol. The first kappa shape index (κ1) is 14.0. The Morgan fingerprint density at radius 2 is 1.90 bits per heavy atom. The number of nitrogen functional groups attached to an aromatic ring is 1. The zero-order valence-corrected chi connectivity index (χ0v) is 11.0. The van der Waals surface area contributed by atoms with Gasteiger partial charge in [0.2, 0.25) is 0 Å². The first-order valence-corrected chi connectivity index (χ1v) is 6.27. The number of aromatic nitrogens is 2. The normalized spacial score (nSPS) is 10.2. The third-order valence-electron chi connectivity index (χ3n) is 2.82. The summed E-state index contributed by atoms with van der Waals surface area (Å²) in [6.45, 7) is 0.953. The van der Waals surface area contributed by atoms with Crippen molar-refractivity contribution in [2.45, 2.75) is 6.54 Å². The number of nitrogens with two attached hydrogens (primary N) is 1. The van der Waals surface area contributed by atoms with Gasteiger partial charge in [0.05, 0.1) is 6.61 Å². The Bertz CT molecular complexity index is 573. The maximum Gasteiger partial charge on any atom is 0.158 e. The van der Waals surface area contributed by atoms with Gasteiger partial charge in [-0.3, -0.25) is 5.41 Å². The first-order chi connectivity index (χ1) is 9.72. The molecule has 0 saturated carbocycles. The second-order valence-electron chi connectivity index (χ2n) is 4.27. The highest BCUT2D eigenvalue weighted by atomic mass is 16.3. The van der Waals surface area contributed by atoms with Crippen LogP contribution in [-0.2, 0) is 6.54 Å². The molecule has 1 heterocycles. The van der Waals surface area contributed by atoms with Crippen molar-refractivity contribution < 1.29 is 5.11 Å². The van der Waals surface area contributed by atoms with Crippen molar-refractivity contribution in [2.75, 3.05) is 18.1 Å². The standard InChI is InChI=1S/C14H17N5O/c15-13(16)12-14(18-7-6-17-12)19(8-9-20)10-11-4-2-1-3-5-11/h1-7,20H,8-10H2,(H3,15,16). The Balaban J connectivity index is 2.31. The minimum atomic E-state index is -0.135. The molecule has 0 aliphatic rings. The molecule has 0 saturated heterocycles. The van der Waals surface area contributed by atoms with Gasteiger partial charge in [-0.05, 0) is 5.56 Å². The Kier molecular flexibility index (Phi) is 4.62. The Labute approximate surface area is 117 Å². The Morgan fingerprint density at radius 3 is 2.55 bits per heavy atom. The summed E-state index contributed by atoms with van der Waals surface area (Å²) in [6, 6.07) is 9.84. The van der Waals surface area contributed by atoms with Crippen molar-refractivity contribution in [1.82, 2.24) is 9.97 Å². The van der Waals surface area contributed by atoms with E-state index in [1.54, 1.807) is 6.20 Å². The molecule has 0 amide bonds. The molecular formula is C14H17N5O. The molecule has 0 aliphatic carbocycles. The van der Waals surface area contributed by atoms with E-state index in [4.69, 9.17) is 11.1 Å². The number of hydrogen-bond acceptors (Lipinski definition) is 5. The van der Waals surface area contributed by atoms with Crippen LogP contribution < -0.4 is 10.6 Å². The van der Waals surface area contributed by atoms with Crippen molar-refractivity contribution in [3.05, 3.63) is 54.0 Å². The van der Waals surface area contributed by atoms with E-state index >= 15 is 0 Å². The lowest BCUT2D eigenvalue weighted by molar-refractivity contribution is 0.301. The fourth-order valence-electron chi connectivity index (χ4n) is 1.94. The summed E-state index contributed by atoms with van der Waals surface area (Å²) in [6.07, 6.45) is 3.05. The lowest BCUT2D eigenvalue weighted by Gasteiger charge is -2.24. The average molecular weight is 271 g/mol. The van der Waals surface area contributed by atoms with E-state index in [2.05, 4.69) is 9.97 Å². The second-order valence-corrected chi connectivity index (χ2v) is 4.27. The Morgan fingerprint density at radius 1 is 1.20 bits per heavy atom. The van der Waals surface area contributed by atoms with E-state index in [9.17, 15) is 5.11 Å². The molecule has 0 atom stereocenters. The zero-order valence-electron chi connectivity index (χ0n) is 11.0. The van der Waals surface area contributed by atoms with Crippen LogP contribution in [0.5, 0.6) is 0 Å². The molecule has 2 rings (SSSR count). The van der Waals surface area contributed by atoms with E-state index in [0.717, 1.165) is 5.56 Å². The smallest absolute Gasteiger partial charge is 0.158 e. The topological polar surface area (TPSA) is 99.1 Å². The second kappa shape index (κ2) is 6.63. The van der Waals surface area contributed by atoms with Crippen LogP contribution in [0, 0.1) is 5.41 Å². The minimum absolute atomic E-state index is 0.0131. The number of anilines is 1. The van der Waals surface area contributed by atoms with Gasteiger partial charge >= 0.3 is 0 Å². The van der Waals surface area contributed by atoms with Crippen LogP contribution >= 0.6 is 0 Å². The van der Waals surface area contributed by atoms with Crippen LogP contribution in [-0.4, -0.2) is 34.1 Å². The largest absolute Gasteiger partial charge is 0.395 e. The fourth-order valence-corrected chi connectivity index (χ4v) is 1.94. The summed E-state index contributed by atoms with van der Waals surface area (Å²) in [4.78, 5) is 10.2. The van der Waals surface area contributed by atoms with Crippen molar-refractivity contribution >= 4 is 11.7 Å². The summed E-state index contributed by atoms with van der Waals surface area (Å²) in [5.74, 6) is 0.377.